The standard InChI is InChI=1S/C7H15NO/c1-3-6(2)8-4-7(9)5-8/h6-7,9H,3-5H2,1-2H3. The van der Waals surface area contributed by atoms with Gasteiger partial charge in [-0.15, -0.1) is 0 Å². The summed E-state index contributed by atoms with van der Waals surface area (Å²) in [6, 6.07) is 0.661. The van der Waals surface area contributed by atoms with Crippen LogP contribution in [0.3, 0.4) is 0 Å². The van der Waals surface area contributed by atoms with E-state index in [-0.39, 0.29) is 6.10 Å². The Morgan fingerprint density at radius 1 is 1.67 bits per heavy atom. The smallest absolute Gasteiger partial charge is 0.0794 e. The molecule has 1 unspecified atom stereocenters. The first-order valence-electron chi connectivity index (χ1n) is 3.66. The molecule has 0 amide bonds. The zero-order valence-corrected chi connectivity index (χ0v) is 6.17. The maximum absolute atomic E-state index is 8.92. The molecular formula is C7H15NO. The van der Waals surface area contributed by atoms with Crippen LogP contribution >= 0.6 is 0 Å². The number of hydrogen-bond acceptors (Lipinski definition) is 2. The summed E-state index contributed by atoms with van der Waals surface area (Å²) in [7, 11) is 0. The maximum Gasteiger partial charge on any atom is 0.0794 e. The molecular weight excluding hydrogens is 114 g/mol. The fourth-order valence-electron chi connectivity index (χ4n) is 1.11. The Morgan fingerprint density at radius 3 is 2.56 bits per heavy atom. The lowest BCUT2D eigenvalue weighted by molar-refractivity contribution is -0.0210. The zero-order valence-electron chi connectivity index (χ0n) is 6.17. The van der Waals surface area contributed by atoms with Crippen molar-refractivity contribution in [2.24, 2.45) is 0 Å². The Hall–Kier alpha value is -0.0800. The molecule has 1 rings (SSSR count). The van der Waals surface area contributed by atoms with Gasteiger partial charge in [0.15, 0.2) is 0 Å². The van der Waals surface area contributed by atoms with E-state index in [1.165, 1.54) is 6.42 Å². The van der Waals surface area contributed by atoms with Gasteiger partial charge < -0.3 is 5.11 Å². The highest BCUT2D eigenvalue weighted by Gasteiger charge is 2.26. The Balaban J connectivity index is 2.15. The summed E-state index contributed by atoms with van der Waals surface area (Å²) >= 11 is 0. The average Bonchev–Trinajstić information content (AvgIpc) is 1.79. The Kier molecular flexibility index (Phi) is 2.09. The van der Waals surface area contributed by atoms with Crippen LogP contribution in [0.2, 0.25) is 0 Å². The topological polar surface area (TPSA) is 23.5 Å². The van der Waals surface area contributed by atoms with Crippen molar-refractivity contribution in [2.45, 2.75) is 32.4 Å². The van der Waals surface area contributed by atoms with E-state index in [2.05, 4.69) is 18.7 Å². The van der Waals surface area contributed by atoms with Crippen LogP contribution < -0.4 is 0 Å². The summed E-state index contributed by atoms with van der Waals surface area (Å²) in [5.41, 5.74) is 0. The highest BCUT2D eigenvalue weighted by Crippen LogP contribution is 2.13. The number of rotatable bonds is 2. The van der Waals surface area contributed by atoms with Crippen molar-refractivity contribution in [1.29, 1.82) is 0 Å². The van der Waals surface area contributed by atoms with Gasteiger partial charge in [-0.3, -0.25) is 4.90 Å². The molecule has 0 aromatic rings. The fraction of sp³-hybridized carbons (Fsp3) is 1.00. The van der Waals surface area contributed by atoms with Gasteiger partial charge in [0.05, 0.1) is 6.10 Å². The van der Waals surface area contributed by atoms with E-state index in [1.807, 2.05) is 0 Å². The largest absolute Gasteiger partial charge is 0.390 e. The molecule has 9 heavy (non-hydrogen) atoms. The summed E-state index contributed by atoms with van der Waals surface area (Å²) in [5, 5.41) is 8.92. The van der Waals surface area contributed by atoms with Crippen molar-refractivity contribution in [3.63, 3.8) is 0 Å². The van der Waals surface area contributed by atoms with Crippen LogP contribution in [0.4, 0.5) is 0 Å². The first-order chi connectivity index (χ1) is 4.24. The van der Waals surface area contributed by atoms with Gasteiger partial charge in [0, 0.05) is 19.1 Å². The highest BCUT2D eigenvalue weighted by atomic mass is 16.3. The van der Waals surface area contributed by atoms with Crippen LogP contribution in [-0.4, -0.2) is 35.2 Å². The number of hydrogen-bond donors (Lipinski definition) is 1. The quantitative estimate of drug-likeness (QED) is 0.585. The molecule has 0 radical (unpaired) electrons. The lowest BCUT2D eigenvalue weighted by Crippen LogP contribution is -2.54. The first-order valence-corrected chi connectivity index (χ1v) is 3.66. The molecule has 1 aliphatic rings. The number of β-amino-alcohol motifs (C(OH)–C–C–N with tert-alkyl or cyclic N) is 1. The van der Waals surface area contributed by atoms with Crippen LogP contribution in [0.5, 0.6) is 0 Å². The Morgan fingerprint density at radius 2 is 2.22 bits per heavy atom. The predicted molar refractivity (Wildman–Crippen MR) is 37.3 cm³/mol. The predicted octanol–water partition coefficient (Wildman–Crippen LogP) is 0.461. The zero-order chi connectivity index (χ0) is 6.85. The van der Waals surface area contributed by atoms with E-state index >= 15 is 0 Å². The van der Waals surface area contributed by atoms with Crippen LogP contribution in [0, 0.1) is 0 Å². The highest BCUT2D eigenvalue weighted by molar-refractivity contribution is 4.81. The molecule has 0 aromatic heterocycles. The molecule has 2 nitrogen and oxygen atoms in total. The molecule has 2 heteroatoms. The van der Waals surface area contributed by atoms with Crippen molar-refractivity contribution in [3.8, 4) is 0 Å². The van der Waals surface area contributed by atoms with E-state index in [4.69, 9.17) is 5.11 Å². The lowest BCUT2D eigenvalue weighted by Gasteiger charge is -2.40. The van der Waals surface area contributed by atoms with Crippen molar-refractivity contribution >= 4 is 0 Å². The van der Waals surface area contributed by atoms with Gasteiger partial charge in [0.25, 0.3) is 0 Å². The third-order valence-corrected chi connectivity index (χ3v) is 2.10. The fourth-order valence-corrected chi connectivity index (χ4v) is 1.11. The van der Waals surface area contributed by atoms with Crippen LogP contribution in [-0.2, 0) is 0 Å². The molecule has 1 N–H and O–H groups in total. The number of aliphatic hydroxyl groups excluding tert-OH is 1. The number of nitrogens with zero attached hydrogens (tertiary/aromatic N) is 1. The second-order valence-corrected chi connectivity index (χ2v) is 2.86. The molecule has 1 fully saturated rings. The molecule has 0 bridgehead atoms. The maximum atomic E-state index is 8.92. The van der Waals surface area contributed by atoms with Crippen molar-refractivity contribution in [2.75, 3.05) is 13.1 Å². The molecule has 1 saturated heterocycles. The van der Waals surface area contributed by atoms with Gasteiger partial charge in [0.2, 0.25) is 0 Å². The van der Waals surface area contributed by atoms with Crippen LogP contribution in [0.1, 0.15) is 20.3 Å². The summed E-state index contributed by atoms with van der Waals surface area (Å²) in [5.74, 6) is 0. The van der Waals surface area contributed by atoms with Gasteiger partial charge in [-0.1, -0.05) is 6.92 Å². The first kappa shape index (κ1) is 7.03. The summed E-state index contributed by atoms with van der Waals surface area (Å²) < 4.78 is 0. The molecule has 1 atom stereocenters. The van der Waals surface area contributed by atoms with E-state index in [0.717, 1.165) is 13.1 Å². The summed E-state index contributed by atoms with van der Waals surface area (Å²) in [6.07, 6.45) is 1.14. The van der Waals surface area contributed by atoms with Gasteiger partial charge in [-0.25, -0.2) is 0 Å². The molecule has 1 aliphatic heterocycles. The Labute approximate surface area is 56.5 Å². The van der Waals surface area contributed by atoms with Crippen LogP contribution in [0.25, 0.3) is 0 Å². The second-order valence-electron chi connectivity index (χ2n) is 2.86. The molecule has 0 aromatic carbocycles. The van der Waals surface area contributed by atoms with Gasteiger partial charge in [-0.2, -0.15) is 0 Å². The van der Waals surface area contributed by atoms with E-state index < -0.39 is 0 Å². The lowest BCUT2D eigenvalue weighted by atomic mass is 10.1. The van der Waals surface area contributed by atoms with Gasteiger partial charge >= 0.3 is 0 Å². The second kappa shape index (κ2) is 2.67. The van der Waals surface area contributed by atoms with E-state index in [1.54, 1.807) is 0 Å². The third-order valence-electron chi connectivity index (χ3n) is 2.10. The minimum Gasteiger partial charge on any atom is -0.390 e. The number of aliphatic hydroxyl groups is 1. The Bertz CT molecular complexity index is 88.9. The van der Waals surface area contributed by atoms with Crippen molar-refractivity contribution in [1.82, 2.24) is 4.90 Å². The van der Waals surface area contributed by atoms with E-state index in [0.29, 0.717) is 6.04 Å². The third kappa shape index (κ3) is 1.43. The van der Waals surface area contributed by atoms with Crippen molar-refractivity contribution in [3.05, 3.63) is 0 Å². The minimum absolute atomic E-state index is 0.0426. The minimum atomic E-state index is -0.0426. The normalized spacial score (nSPS) is 25.7. The summed E-state index contributed by atoms with van der Waals surface area (Å²) in [6.45, 7) is 6.14. The van der Waals surface area contributed by atoms with Gasteiger partial charge in [0.1, 0.15) is 0 Å². The molecule has 54 valence electrons. The van der Waals surface area contributed by atoms with E-state index in [9.17, 15) is 0 Å². The average molecular weight is 129 g/mol. The van der Waals surface area contributed by atoms with Crippen LogP contribution in [0.15, 0.2) is 0 Å². The van der Waals surface area contributed by atoms with Crippen molar-refractivity contribution < 1.29 is 5.11 Å². The SMILES string of the molecule is CCC(C)N1CC(O)C1. The summed E-state index contributed by atoms with van der Waals surface area (Å²) in [4.78, 5) is 2.30. The molecule has 0 spiro atoms. The van der Waals surface area contributed by atoms with Gasteiger partial charge in [-0.05, 0) is 13.3 Å². The molecule has 0 saturated carbocycles. The monoisotopic (exact) mass is 129 g/mol. The molecule has 0 aliphatic carbocycles. The number of likely N-dealkylation sites (tertiary alicyclic amines) is 1. The molecule has 1 heterocycles.